The summed E-state index contributed by atoms with van der Waals surface area (Å²) in [4.78, 5) is 12.8. The van der Waals surface area contributed by atoms with Crippen molar-refractivity contribution in [3.05, 3.63) is 59.5 Å². The number of amides is 1. The van der Waals surface area contributed by atoms with Gasteiger partial charge in [0.2, 0.25) is 0 Å². The van der Waals surface area contributed by atoms with Gasteiger partial charge in [-0.1, -0.05) is 6.07 Å². The molecule has 28 heavy (non-hydrogen) atoms. The van der Waals surface area contributed by atoms with Crippen LogP contribution >= 0.6 is 0 Å². The number of benzene rings is 2. The minimum atomic E-state index is -0.368. The normalized spacial score (nSPS) is 13.1. The summed E-state index contributed by atoms with van der Waals surface area (Å²) < 4.78 is 26.7. The minimum Gasteiger partial charge on any atom is -0.490 e. The molecule has 1 N–H and O–H groups in total. The highest BCUT2D eigenvalue weighted by atomic mass is 19.1. The van der Waals surface area contributed by atoms with Gasteiger partial charge in [0.25, 0.3) is 5.91 Å². The van der Waals surface area contributed by atoms with Crippen LogP contribution in [0.25, 0.3) is 11.3 Å². The molecule has 6 nitrogen and oxygen atoms in total. The number of halogens is 1. The SMILES string of the molecule is Cc1ccc(NC(=O)c2cn(C)nc2-c2ccc3c(c2)OCCCO3)cc1F. The van der Waals surface area contributed by atoms with Crippen LogP contribution in [0.1, 0.15) is 22.3 Å². The van der Waals surface area contributed by atoms with Gasteiger partial charge in [-0.25, -0.2) is 4.39 Å². The lowest BCUT2D eigenvalue weighted by molar-refractivity contribution is 0.102. The lowest BCUT2D eigenvalue weighted by Crippen LogP contribution is -2.12. The van der Waals surface area contributed by atoms with Gasteiger partial charge in [0.05, 0.1) is 18.8 Å². The maximum absolute atomic E-state index is 13.8. The summed E-state index contributed by atoms with van der Waals surface area (Å²) in [5.74, 6) is 0.580. The number of hydrogen-bond donors (Lipinski definition) is 1. The number of nitrogens with one attached hydrogen (secondary N) is 1. The summed E-state index contributed by atoms with van der Waals surface area (Å²) in [7, 11) is 1.74. The number of carbonyl (C=O) groups excluding carboxylic acids is 1. The number of anilines is 1. The van der Waals surface area contributed by atoms with E-state index in [0.29, 0.717) is 47.2 Å². The van der Waals surface area contributed by atoms with Gasteiger partial charge in [-0.2, -0.15) is 5.10 Å². The van der Waals surface area contributed by atoms with Crippen molar-refractivity contribution in [3.63, 3.8) is 0 Å². The quantitative estimate of drug-likeness (QED) is 0.746. The monoisotopic (exact) mass is 381 g/mol. The maximum Gasteiger partial charge on any atom is 0.259 e. The van der Waals surface area contributed by atoms with Crippen LogP contribution in [0.5, 0.6) is 11.5 Å². The molecule has 0 fully saturated rings. The lowest BCUT2D eigenvalue weighted by atomic mass is 10.1. The van der Waals surface area contributed by atoms with Crippen molar-refractivity contribution in [2.45, 2.75) is 13.3 Å². The molecule has 0 atom stereocenters. The fourth-order valence-corrected chi connectivity index (χ4v) is 3.05. The number of nitrogens with zero attached hydrogens (tertiary/aromatic N) is 2. The number of aryl methyl sites for hydroxylation is 2. The average Bonchev–Trinajstić information content (AvgIpc) is 2.92. The van der Waals surface area contributed by atoms with Gasteiger partial charge in [-0.3, -0.25) is 9.48 Å². The zero-order chi connectivity index (χ0) is 19.7. The van der Waals surface area contributed by atoms with Gasteiger partial charge in [0, 0.05) is 30.9 Å². The van der Waals surface area contributed by atoms with Gasteiger partial charge in [0.1, 0.15) is 11.5 Å². The molecule has 7 heteroatoms. The summed E-state index contributed by atoms with van der Waals surface area (Å²) in [6.45, 7) is 2.85. The van der Waals surface area contributed by atoms with Crippen LogP contribution in [-0.4, -0.2) is 28.9 Å². The molecule has 144 valence electrons. The van der Waals surface area contributed by atoms with E-state index in [4.69, 9.17) is 9.47 Å². The van der Waals surface area contributed by atoms with Crippen molar-refractivity contribution in [3.8, 4) is 22.8 Å². The van der Waals surface area contributed by atoms with E-state index in [1.165, 1.54) is 6.07 Å². The topological polar surface area (TPSA) is 65.4 Å². The van der Waals surface area contributed by atoms with Gasteiger partial charge in [-0.05, 0) is 42.8 Å². The standard InChI is InChI=1S/C21H20FN3O3/c1-13-4-6-15(11-17(13)22)23-21(26)16-12-25(2)24-20(16)14-5-7-18-19(10-14)28-9-3-8-27-18/h4-7,10-12H,3,8-9H2,1-2H3,(H,23,26). The lowest BCUT2D eigenvalue weighted by Gasteiger charge is -2.10. The van der Waals surface area contributed by atoms with Crippen molar-refractivity contribution in [2.75, 3.05) is 18.5 Å². The van der Waals surface area contributed by atoms with Gasteiger partial charge < -0.3 is 14.8 Å². The first-order chi connectivity index (χ1) is 13.5. The number of hydrogen-bond acceptors (Lipinski definition) is 4. The van der Waals surface area contributed by atoms with Crippen molar-refractivity contribution in [1.29, 1.82) is 0 Å². The summed E-state index contributed by atoms with van der Waals surface area (Å²) in [6.07, 6.45) is 2.45. The fraction of sp³-hybridized carbons (Fsp3) is 0.238. The Morgan fingerprint density at radius 3 is 2.71 bits per heavy atom. The second-order valence-electron chi connectivity index (χ2n) is 6.70. The molecule has 4 rings (SSSR count). The molecule has 1 aliphatic rings. The summed E-state index contributed by atoms with van der Waals surface area (Å²) >= 11 is 0. The molecule has 0 unspecified atom stereocenters. The van der Waals surface area contributed by atoms with E-state index in [9.17, 15) is 9.18 Å². The number of aromatic nitrogens is 2. The molecule has 1 aromatic heterocycles. The van der Waals surface area contributed by atoms with Gasteiger partial charge in [0.15, 0.2) is 11.5 Å². The Hall–Kier alpha value is -3.35. The number of rotatable bonds is 3. The number of fused-ring (bicyclic) bond motifs is 1. The third-order valence-electron chi connectivity index (χ3n) is 4.52. The molecular weight excluding hydrogens is 361 g/mol. The third-order valence-corrected chi connectivity index (χ3v) is 4.52. The van der Waals surface area contributed by atoms with Crippen LogP contribution in [0, 0.1) is 12.7 Å². The Bertz CT molecular complexity index is 1050. The first-order valence-corrected chi connectivity index (χ1v) is 9.02. The average molecular weight is 381 g/mol. The molecule has 3 aromatic rings. The second kappa shape index (κ2) is 7.34. The predicted octanol–water partition coefficient (Wildman–Crippen LogP) is 3.95. The Morgan fingerprint density at radius 2 is 1.93 bits per heavy atom. The van der Waals surface area contributed by atoms with E-state index in [-0.39, 0.29) is 11.7 Å². The molecule has 0 aliphatic carbocycles. The van der Waals surface area contributed by atoms with Crippen molar-refractivity contribution in [2.24, 2.45) is 7.05 Å². The number of carbonyl (C=O) groups is 1. The Balaban J connectivity index is 1.66. The second-order valence-corrected chi connectivity index (χ2v) is 6.70. The Kier molecular flexibility index (Phi) is 4.73. The molecule has 2 aromatic carbocycles. The first kappa shape index (κ1) is 18.0. The van der Waals surface area contributed by atoms with Crippen molar-refractivity contribution >= 4 is 11.6 Å². The molecule has 0 spiro atoms. The Labute approximate surface area is 161 Å². The summed E-state index contributed by atoms with van der Waals surface area (Å²) in [6, 6.07) is 10.1. The van der Waals surface area contributed by atoms with Crippen LogP contribution in [0.3, 0.4) is 0 Å². The van der Waals surface area contributed by atoms with E-state index in [0.717, 1.165) is 12.0 Å². The van der Waals surface area contributed by atoms with Crippen molar-refractivity contribution < 1.29 is 18.7 Å². The molecule has 0 bridgehead atoms. The molecule has 1 amide bonds. The van der Waals surface area contributed by atoms with E-state index in [1.54, 1.807) is 37.0 Å². The zero-order valence-electron chi connectivity index (χ0n) is 15.7. The third kappa shape index (κ3) is 3.55. The summed E-state index contributed by atoms with van der Waals surface area (Å²) in [5, 5.41) is 7.17. The van der Waals surface area contributed by atoms with Crippen LogP contribution in [0.2, 0.25) is 0 Å². The summed E-state index contributed by atoms with van der Waals surface area (Å²) in [5.41, 5.74) is 2.56. The minimum absolute atomic E-state index is 0.363. The molecular formula is C21H20FN3O3. The Morgan fingerprint density at radius 1 is 1.14 bits per heavy atom. The van der Waals surface area contributed by atoms with Crippen LogP contribution < -0.4 is 14.8 Å². The zero-order valence-corrected chi connectivity index (χ0v) is 15.7. The van der Waals surface area contributed by atoms with E-state index in [2.05, 4.69) is 10.4 Å². The predicted molar refractivity (Wildman–Crippen MR) is 103 cm³/mol. The fourth-order valence-electron chi connectivity index (χ4n) is 3.05. The van der Waals surface area contributed by atoms with E-state index in [1.807, 2.05) is 18.2 Å². The maximum atomic E-state index is 13.8. The highest BCUT2D eigenvalue weighted by Gasteiger charge is 2.20. The molecule has 1 aliphatic heterocycles. The molecule has 0 saturated heterocycles. The van der Waals surface area contributed by atoms with Gasteiger partial charge >= 0.3 is 0 Å². The first-order valence-electron chi connectivity index (χ1n) is 9.02. The highest BCUT2D eigenvalue weighted by Crippen LogP contribution is 2.35. The largest absolute Gasteiger partial charge is 0.490 e. The van der Waals surface area contributed by atoms with Crippen LogP contribution in [-0.2, 0) is 7.05 Å². The van der Waals surface area contributed by atoms with E-state index < -0.39 is 0 Å². The van der Waals surface area contributed by atoms with E-state index >= 15 is 0 Å². The molecule has 0 radical (unpaired) electrons. The van der Waals surface area contributed by atoms with Crippen molar-refractivity contribution in [1.82, 2.24) is 9.78 Å². The number of ether oxygens (including phenoxy) is 2. The van der Waals surface area contributed by atoms with Crippen LogP contribution in [0.4, 0.5) is 10.1 Å². The van der Waals surface area contributed by atoms with Gasteiger partial charge in [-0.15, -0.1) is 0 Å². The molecule has 2 heterocycles. The smallest absolute Gasteiger partial charge is 0.259 e. The highest BCUT2D eigenvalue weighted by molar-refractivity contribution is 6.08. The van der Waals surface area contributed by atoms with Crippen LogP contribution in [0.15, 0.2) is 42.6 Å². The molecule has 0 saturated carbocycles.